The van der Waals surface area contributed by atoms with Crippen LogP contribution in [-0.4, -0.2) is 12.6 Å². The summed E-state index contributed by atoms with van der Waals surface area (Å²) in [7, 11) is 2.11. The summed E-state index contributed by atoms with van der Waals surface area (Å²) >= 11 is 3.66. The Morgan fingerprint density at radius 3 is 1.45 bits per heavy atom. The van der Waals surface area contributed by atoms with Crippen molar-refractivity contribution in [3.63, 3.8) is 0 Å². The molecule has 0 bridgehead atoms. The van der Waals surface area contributed by atoms with Crippen molar-refractivity contribution < 1.29 is 0 Å². The quantitative estimate of drug-likeness (QED) is 0.235. The van der Waals surface area contributed by atoms with Crippen molar-refractivity contribution in [3.8, 4) is 0 Å². The Balaban J connectivity index is 2.70. The fourth-order valence-corrected chi connectivity index (χ4v) is 7.00. The van der Waals surface area contributed by atoms with Gasteiger partial charge in [0, 0.05) is 10.9 Å². The number of hydrogen-bond donors (Lipinski definition) is 1. The van der Waals surface area contributed by atoms with Gasteiger partial charge in [-0.3, -0.25) is 0 Å². The van der Waals surface area contributed by atoms with Gasteiger partial charge in [-0.1, -0.05) is 146 Å². The van der Waals surface area contributed by atoms with Crippen LogP contribution < -0.4 is 5.32 Å². The van der Waals surface area contributed by atoms with E-state index < -0.39 is 0 Å². The molecule has 0 saturated heterocycles. The van der Waals surface area contributed by atoms with Crippen molar-refractivity contribution in [3.05, 3.63) is 70.8 Å². The van der Waals surface area contributed by atoms with E-state index in [0.717, 1.165) is 11.8 Å². The molecular weight excluding hydrogens is 550 g/mol. The van der Waals surface area contributed by atoms with Gasteiger partial charge in [0.2, 0.25) is 0 Å². The molecule has 0 aliphatic heterocycles. The van der Waals surface area contributed by atoms with E-state index in [9.17, 15) is 0 Å². The first-order chi connectivity index (χ1) is 18.0. The highest BCUT2D eigenvalue weighted by atomic mass is 79.9. The van der Waals surface area contributed by atoms with Gasteiger partial charge in [-0.25, -0.2) is 0 Å². The van der Waals surface area contributed by atoms with E-state index in [1.807, 2.05) is 0 Å². The first-order valence-corrected chi connectivity index (χ1v) is 16.6. The van der Waals surface area contributed by atoms with E-state index in [-0.39, 0.29) is 32.6 Å². The second-order valence-electron chi connectivity index (χ2n) is 16.7. The number of benzene rings is 2. The molecule has 2 atom stereocenters. The number of halogens is 1. The van der Waals surface area contributed by atoms with Crippen molar-refractivity contribution in [1.82, 2.24) is 5.32 Å². The van der Waals surface area contributed by atoms with Crippen LogP contribution in [0.15, 0.2) is 48.5 Å². The van der Waals surface area contributed by atoms with Crippen molar-refractivity contribution >= 4 is 15.9 Å². The van der Waals surface area contributed by atoms with E-state index in [4.69, 9.17) is 0 Å². The summed E-state index contributed by atoms with van der Waals surface area (Å²) in [5.74, 6) is 0.853. The van der Waals surface area contributed by atoms with E-state index in [1.165, 1.54) is 28.7 Å². The normalized spacial score (nSPS) is 15.7. The van der Waals surface area contributed by atoms with Crippen molar-refractivity contribution in [2.24, 2.45) is 27.1 Å². The highest BCUT2D eigenvalue weighted by molar-refractivity contribution is 9.08. The predicted molar refractivity (Wildman–Crippen MR) is 183 cm³/mol. The molecule has 1 N–H and O–H groups in total. The molecule has 2 aromatic rings. The topological polar surface area (TPSA) is 12.0 Å². The maximum atomic E-state index is 3.67. The Hall–Kier alpha value is -1.12. The standard InChI is InChI=1S/C38H62BrN/c1-27-16-20-29(21-17-27)31(24-33(2,3)4)35(7,8)34(5,6)25-32(30-22-18-28(26-39)19-23-30)36(9,10)37(11,12)38(13,14)40-15/h16-23,31-32,40H,24-26H2,1-15H3. The van der Waals surface area contributed by atoms with Gasteiger partial charge < -0.3 is 5.32 Å². The Labute approximate surface area is 257 Å². The maximum absolute atomic E-state index is 3.67. The van der Waals surface area contributed by atoms with Gasteiger partial charge in [0.15, 0.2) is 0 Å². The van der Waals surface area contributed by atoms with Crippen LogP contribution in [0.4, 0.5) is 0 Å². The van der Waals surface area contributed by atoms with E-state index in [0.29, 0.717) is 11.8 Å². The molecule has 226 valence electrons. The van der Waals surface area contributed by atoms with Gasteiger partial charge >= 0.3 is 0 Å². The highest BCUT2D eigenvalue weighted by Crippen LogP contribution is 2.61. The van der Waals surface area contributed by atoms with Gasteiger partial charge in [0.1, 0.15) is 0 Å². The molecule has 2 rings (SSSR count). The summed E-state index contributed by atoms with van der Waals surface area (Å²) in [5.41, 5.74) is 6.01. The van der Waals surface area contributed by atoms with Crippen molar-refractivity contribution in [2.75, 3.05) is 7.05 Å². The lowest BCUT2D eigenvalue weighted by molar-refractivity contribution is -0.0346. The molecule has 0 aromatic heterocycles. The molecule has 0 spiro atoms. The largest absolute Gasteiger partial charge is 0.314 e. The zero-order valence-electron chi connectivity index (χ0n) is 28.8. The lowest BCUT2D eigenvalue weighted by Crippen LogP contribution is -2.58. The molecule has 0 amide bonds. The van der Waals surface area contributed by atoms with Crippen LogP contribution in [0.2, 0.25) is 0 Å². The van der Waals surface area contributed by atoms with Crippen LogP contribution in [0, 0.1) is 34.0 Å². The summed E-state index contributed by atoms with van der Waals surface area (Å²) in [6.45, 7) is 34.3. The van der Waals surface area contributed by atoms with Gasteiger partial charge in [-0.05, 0) is 96.3 Å². The maximum Gasteiger partial charge on any atom is 0.0283 e. The lowest BCUT2D eigenvalue weighted by Gasteiger charge is -2.58. The predicted octanol–water partition coefficient (Wildman–Crippen LogP) is 11.7. The fraction of sp³-hybridized carbons (Fsp3) is 0.684. The average molecular weight is 613 g/mol. The molecule has 2 unspecified atom stereocenters. The summed E-state index contributed by atoms with van der Waals surface area (Å²) < 4.78 is 0. The Morgan fingerprint density at radius 2 is 1.05 bits per heavy atom. The lowest BCUT2D eigenvalue weighted by atomic mass is 9.48. The Kier molecular flexibility index (Phi) is 10.7. The number of aryl methyl sites for hydroxylation is 1. The van der Waals surface area contributed by atoms with Crippen molar-refractivity contribution in [1.29, 1.82) is 0 Å². The molecule has 0 radical (unpaired) electrons. The summed E-state index contributed by atoms with van der Waals surface area (Å²) in [6, 6.07) is 18.8. The second-order valence-corrected chi connectivity index (χ2v) is 17.2. The minimum atomic E-state index is -0.0269. The molecule has 0 saturated carbocycles. The Morgan fingerprint density at radius 1 is 0.625 bits per heavy atom. The molecule has 0 aliphatic carbocycles. The zero-order chi connectivity index (χ0) is 30.9. The molecular formula is C38H62BrN. The Bertz CT molecular complexity index is 1080. The SMILES string of the molecule is CNC(C)(C)C(C)(C)C(C)(C)C(CC(C)(C)C(C)(C)C(CC(C)(C)C)c1ccc(C)cc1)c1ccc(CBr)cc1. The van der Waals surface area contributed by atoms with Gasteiger partial charge in [0.05, 0.1) is 0 Å². The van der Waals surface area contributed by atoms with Gasteiger partial charge in [0.25, 0.3) is 0 Å². The minimum absolute atomic E-state index is 0.0200. The monoisotopic (exact) mass is 611 g/mol. The highest BCUT2D eigenvalue weighted by Gasteiger charge is 2.54. The number of alkyl halides is 1. The molecule has 40 heavy (non-hydrogen) atoms. The van der Waals surface area contributed by atoms with Gasteiger partial charge in [-0.2, -0.15) is 0 Å². The smallest absolute Gasteiger partial charge is 0.0283 e. The minimum Gasteiger partial charge on any atom is -0.314 e. The van der Waals surface area contributed by atoms with Crippen LogP contribution in [0.1, 0.15) is 137 Å². The molecule has 0 heterocycles. The first kappa shape index (κ1) is 35.1. The molecule has 0 fully saturated rings. The van der Waals surface area contributed by atoms with E-state index >= 15 is 0 Å². The molecule has 2 aromatic carbocycles. The van der Waals surface area contributed by atoms with Crippen molar-refractivity contribution in [2.45, 2.75) is 132 Å². The number of rotatable bonds is 12. The second kappa shape index (κ2) is 12.2. The van der Waals surface area contributed by atoms with Crippen LogP contribution >= 0.6 is 15.9 Å². The number of nitrogens with one attached hydrogen (secondary N) is 1. The summed E-state index contributed by atoms with van der Waals surface area (Å²) in [4.78, 5) is 0. The summed E-state index contributed by atoms with van der Waals surface area (Å²) in [6.07, 6.45) is 2.29. The van der Waals surface area contributed by atoms with Crippen LogP contribution in [0.25, 0.3) is 0 Å². The van der Waals surface area contributed by atoms with Crippen LogP contribution in [0.3, 0.4) is 0 Å². The van der Waals surface area contributed by atoms with E-state index in [1.54, 1.807) is 0 Å². The molecule has 1 nitrogen and oxygen atoms in total. The van der Waals surface area contributed by atoms with Crippen LogP contribution in [-0.2, 0) is 5.33 Å². The fourth-order valence-electron chi connectivity index (χ4n) is 6.63. The third kappa shape index (κ3) is 7.26. The molecule has 0 aliphatic rings. The van der Waals surface area contributed by atoms with E-state index in [2.05, 4.69) is 174 Å². The van der Waals surface area contributed by atoms with Crippen LogP contribution in [0.5, 0.6) is 0 Å². The third-order valence-corrected chi connectivity index (χ3v) is 12.5. The first-order valence-electron chi connectivity index (χ1n) is 15.4. The molecule has 2 heteroatoms. The summed E-state index contributed by atoms with van der Waals surface area (Å²) in [5, 5.41) is 4.56. The number of hydrogen-bond acceptors (Lipinski definition) is 1. The third-order valence-electron chi connectivity index (χ3n) is 11.8. The average Bonchev–Trinajstić information content (AvgIpc) is 2.85. The zero-order valence-corrected chi connectivity index (χ0v) is 30.4. The van der Waals surface area contributed by atoms with Gasteiger partial charge in [-0.15, -0.1) is 0 Å².